The van der Waals surface area contributed by atoms with Gasteiger partial charge in [-0.25, -0.2) is 0 Å². The van der Waals surface area contributed by atoms with Crippen LogP contribution < -0.4 is 15.0 Å². The van der Waals surface area contributed by atoms with Crippen molar-refractivity contribution in [3.05, 3.63) is 94.3 Å². The molecule has 158 valence electrons. The van der Waals surface area contributed by atoms with Crippen LogP contribution in [0.25, 0.3) is 22.0 Å². The second-order valence-corrected chi connectivity index (χ2v) is 7.41. The van der Waals surface area contributed by atoms with Gasteiger partial charge >= 0.3 is 0 Å². The Bertz CT molecular complexity index is 1260. The van der Waals surface area contributed by atoms with Crippen LogP contribution in [0, 0.1) is 6.92 Å². The van der Waals surface area contributed by atoms with Gasteiger partial charge < -0.3 is 18.8 Å². The van der Waals surface area contributed by atoms with Crippen molar-refractivity contribution in [1.82, 2.24) is 4.57 Å². The highest BCUT2D eigenvalue weighted by atomic mass is 16.7. The number of hydrogen-bond acceptors (Lipinski definition) is 4. The van der Waals surface area contributed by atoms with Crippen molar-refractivity contribution in [2.24, 2.45) is 0 Å². The summed E-state index contributed by atoms with van der Waals surface area (Å²) >= 11 is 0. The zero-order chi connectivity index (χ0) is 21.8. The molecule has 0 saturated carbocycles. The maximum Gasteiger partial charge on any atom is 0.259 e. The van der Waals surface area contributed by atoms with Gasteiger partial charge in [0.1, 0.15) is 11.5 Å². The second kappa shape index (κ2) is 9.06. The number of methoxy groups -OCH3 is 2. The van der Waals surface area contributed by atoms with Gasteiger partial charge in [-0.05, 0) is 54.3 Å². The van der Waals surface area contributed by atoms with Crippen LogP contribution >= 0.6 is 0 Å². The van der Waals surface area contributed by atoms with Crippen LogP contribution in [0.15, 0.2) is 77.6 Å². The van der Waals surface area contributed by atoms with Crippen LogP contribution in [-0.2, 0) is 11.3 Å². The van der Waals surface area contributed by atoms with Crippen LogP contribution in [0.2, 0.25) is 0 Å². The van der Waals surface area contributed by atoms with Crippen LogP contribution in [-0.4, -0.2) is 25.6 Å². The van der Waals surface area contributed by atoms with Gasteiger partial charge in [0.05, 0.1) is 19.3 Å². The highest BCUT2D eigenvalue weighted by molar-refractivity contribution is 5.87. The van der Waals surface area contributed by atoms with Gasteiger partial charge in [-0.1, -0.05) is 42.0 Å². The molecule has 0 unspecified atom stereocenters. The Balaban J connectivity index is 1.92. The third kappa shape index (κ3) is 4.32. The molecular formula is C26H25NO4. The molecule has 5 heteroatoms. The number of nitrogens with zero attached hydrogens (tertiary/aromatic N) is 1. The molecule has 0 saturated heterocycles. The molecule has 5 nitrogen and oxygen atoms in total. The summed E-state index contributed by atoms with van der Waals surface area (Å²) in [5, 5.41) is 1.60. The Labute approximate surface area is 181 Å². The van der Waals surface area contributed by atoms with E-state index in [9.17, 15) is 4.79 Å². The molecule has 1 heterocycles. The summed E-state index contributed by atoms with van der Waals surface area (Å²) in [6, 6.07) is 23.5. The molecule has 0 aliphatic carbocycles. The number of aryl methyl sites for hydroxylation is 1. The summed E-state index contributed by atoms with van der Waals surface area (Å²) in [6.45, 7) is 2.56. The molecule has 0 N–H and O–H groups in total. The molecule has 0 bridgehead atoms. The molecule has 0 radical (unpaired) electrons. The maximum absolute atomic E-state index is 13.6. The second-order valence-electron chi connectivity index (χ2n) is 7.41. The largest absolute Gasteiger partial charge is 0.497 e. The molecular weight excluding hydrogens is 390 g/mol. The third-order valence-electron chi connectivity index (χ3n) is 5.26. The van der Waals surface area contributed by atoms with E-state index in [1.807, 2.05) is 73.7 Å². The van der Waals surface area contributed by atoms with Crippen LogP contribution in [0.4, 0.5) is 0 Å². The van der Waals surface area contributed by atoms with Crippen molar-refractivity contribution >= 4 is 10.8 Å². The fourth-order valence-corrected chi connectivity index (χ4v) is 3.68. The van der Waals surface area contributed by atoms with Gasteiger partial charge in [0, 0.05) is 18.1 Å². The van der Waals surface area contributed by atoms with Crippen LogP contribution in [0.5, 0.6) is 11.5 Å². The van der Waals surface area contributed by atoms with E-state index in [0.29, 0.717) is 17.7 Å². The number of ether oxygens (including phenoxy) is 3. The number of para-hydroxylation sites is 1. The summed E-state index contributed by atoms with van der Waals surface area (Å²) in [7, 11) is 3.22. The highest BCUT2D eigenvalue weighted by Crippen LogP contribution is 2.31. The van der Waals surface area contributed by atoms with E-state index in [1.165, 1.54) is 0 Å². The summed E-state index contributed by atoms with van der Waals surface area (Å²) in [6.07, 6.45) is 0. The average molecular weight is 415 g/mol. The molecule has 0 aliphatic heterocycles. The standard InChI is InChI=1S/C26H25NO4/c1-18-8-11-20-15-24(22-6-4-5-7-25(22)31-17-29-2)27(26(28)23(20)14-18)16-19-9-12-21(30-3)13-10-19/h4-15H,16-17H2,1-3H3. The lowest BCUT2D eigenvalue weighted by molar-refractivity contribution is 0.0515. The Morgan fingerprint density at radius 2 is 1.68 bits per heavy atom. The number of fused-ring (bicyclic) bond motifs is 1. The SMILES string of the molecule is COCOc1ccccc1-c1cc2ccc(C)cc2c(=O)n1Cc1ccc(OC)cc1. The minimum Gasteiger partial charge on any atom is -0.497 e. The number of aromatic nitrogens is 1. The Kier molecular flexibility index (Phi) is 6.05. The van der Waals surface area contributed by atoms with Gasteiger partial charge in [-0.15, -0.1) is 0 Å². The maximum atomic E-state index is 13.6. The molecule has 4 aromatic rings. The zero-order valence-electron chi connectivity index (χ0n) is 17.9. The number of pyridine rings is 1. The van der Waals surface area contributed by atoms with E-state index in [1.54, 1.807) is 18.8 Å². The molecule has 1 aromatic heterocycles. The smallest absolute Gasteiger partial charge is 0.259 e. The Hall–Kier alpha value is -3.57. The van der Waals surface area contributed by atoms with Crippen LogP contribution in [0.1, 0.15) is 11.1 Å². The predicted octanol–water partition coefficient (Wildman–Crippen LogP) is 5.02. The first-order valence-corrected chi connectivity index (χ1v) is 10.1. The lowest BCUT2D eigenvalue weighted by atomic mass is 10.0. The van der Waals surface area contributed by atoms with Gasteiger partial charge in [0.2, 0.25) is 0 Å². The van der Waals surface area contributed by atoms with Crippen LogP contribution in [0.3, 0.4) is 0 Å². The normalized spacial score (nSPS) is 10.9. The summed E-state index contributed by atoms with van der Waals surface area (Å²) in [5.41, 5.74) is 3.66. The molecule has 0 aliphatic rings. The van der Waals surface area contributed by atoms with E-state index in [-0.39, 0.29) is 12.4 Å². The molecule has 0 spiro atoms. The van der Waals surface area contributed by atoms with E-state index in [0.717, 1.165) is 33.5 Å². The monoisotopic (exact) mass is 415 g/mol. The van der Waals surface area contributed by atoms with Crippen molar-refractivity contribution in [3.63, 3.8) is 0 Å². The quantitative estimate of drug-likeness (QED) is 0.398. The summed E-state index contributed by atoms with van der Waals surface area (Å²) in [4.78, 5) is 13.6. The van der Waals surface area contributed by atoms with Crippen molar-refractivity contribution in [3.8, 4) is 22.8 Å². The van der Waals surface area contributed by atoms with Crippen molar-refractivity contribution in [1.29, 1.82) is 0 Å². The van der Waals surface area contributed by atoms with Crippen molar-refractivity contribution in [2.75, 3.05) is 21.0 Å². The van der Waals surface area contributed by atoms with E-state index in [4.69, 9.17) is 14.2 Å². The first-order valence-electron chi connectivity index (χ1n) is 10.1. The number of rotatable bonds is 7. The molecule has 0 amide bonds. The van der Waals surface area contributed by atoms with Gasteiger partial charge in [0.25, 0.3) is 5.56 Å². The third-order valence-corrected chi connectivity index (χ3v) is 5.26. The number of benzene rings is 3. The minimum absolute atomic E-state index is 0.0337. The highest BCUT2D eigenvalue weighted by Gasteiger charge is 2.15. The van der Waals surface area contributed by atoms with Crippen molar-refractivity contribution < 1.29 is 14.2 Å². The topological polar surface area (TPSA) is 49.7 Å². The molecule has 0 fully saturated rings. The van der Waals surface area contributed by atoms with Gasteiger partial charge in [-0.3, -0.25) is 4.79 Å². The Morgan fingerprint density at radius 3 is 2.42 bits per heavy atom. The fourth-order valence-electron chi connectivity index (χ4n) is 3.68. The van der Waals surface area contributed by atoms with Gasteiger partial charge in [0.15, 0.2) is 6.79 Å². The summed E-state index contributed by atoms with van der Waals surface area (Å²) < 4.78 is 17.9. The average Bonchev–Trinajstić information content (AvgIpc) is 2.80. The summed E-state index contributed by atoms with van der Waals surface area (Å²) in [5.74, 6) is 1.45. The van der Waals surface area contributed by atoms with Gasteiger partial charge in [-0.2, -0.15) is 0 Å². The molecule has 3 aromatic carbocycles. The van der Waals surface area contributed by atoms with E-state index in [2.05, 4.69) is 6.07 Å². The first kappa shape index (κ1) is 20.7. The molecule has 4 rings (SSSR count). The molecule has 0 atom stereocenters. The predicted molar refractivity (Wildman–Crippen MR) is 123 cm³/mol. The zero-order valence-corrected chi connectivity index (χ0v) is 17.9. The minimum atomic E-state index is -0.0337. The lowest BCUT2D eigenvalue weighted by Crippen LogP contribution is -2.23. The molecule has 31 heavy (non-hydrogen) atoms. The lowest BCUT2D eigenvalue weighted by Gasteiger charge is -2.18. The van der Waals surface area contributed by atoms with Crippen molar-refractivity contribution in [2.45, 2.75) is 13.5 Å². The number of hydrogen-bond donors (Lipinski definition) is 0. The van der Waals surface area contributed by atoms with E-state index >= 15 is 0 Å². The first-order chi connectivity index (χ1) is 15.1. The Morgan fingerprint density at radius 1 is 0.903 bits per heavy atom. The fraction of sp³-hybridized carbons (Fsp3) is 0.192. The van der Waals surface area contributed by atoms with E-state index < -0.39 is 0 Å².